The Morgan fingerprint density at radius 2 is 1.75 bits per heavy atom. The van der Waals surface area contributed by atoms with E-state index >= 15 is 0 Å². The Morgan fingerprint density at radius 3 is 2.20 bits per heavy atom. The van der Waals surface area contributed by atoms with Gasteiger partial charge in [-0.15, -0.1) is 0 Å². The standard InChI is InChI=1S/C12H15F4NO2S/c1-2-11(17-20(18,19)12(14,15)16)8-5-9-3-6-10(13)7-4-9/h3-4,6-7,11,17H,2,5,8H2,1H3/t11-/m1/s1. The maximum atomic E-state index is 12.7. The van der Waals surface area contributed by atoms with Crippen LogP contribution in [0, 0.1) is 5.82 Å². The third kappa shape index (κ3) is 4.75. The van der Waals surface area contributed by atoms with Crippen molar-refractivity contribution in [1.29, 1.82) is 0 Å². The number of nitrogens with one attached hydrogen (secondary N) is 1. The van der Waals surface area contributed by atoms with Crippen LogP contribution >= 0.6 is 0 Å². The van der Waals surface area contributed by atoms with E-state index in [-0.39, 0.29) is 12.8 Å². The van der Waals surface area contributed by atoms with Crippen LogP contribution in [0.3, 0.4) is 0 Å². The predicted octanol–water partition coefficient (Wildman–Crippen LogP) is 2.98. The molecule has 1 atom stereocenters. The zero-order valence-corrected chi connectivity index (χ0v) is 11.6. The number of hydrogen-bond acceptors (Lipinski definition) is 2. The molecular formula is C12H15F4NO2S. The number of rotatable bonds is 6. The zero-order valence-electron chi connectivity index (χ0n) is 10.7. The molecule has 0 aromatic heterocycles. The second-order valence-corrected chi connectivity index (χ2v) is 6.04. The summed E-state index contributed by atoms with van der Waals surface area (Å²) in [6.45, 7) is 1.59. The van der Waals surface area contributed by atoms with E-state index in [4.69, 9.17) is 0 Å². The molecule has 1 aromatic carbocycles. The van der Waals surface area contributed by atoms with Crippen LogP contribution in [0.5, 0.6) is 0 Å². The van der Waals surface area contributed by atoms with E-state index in [1.807, 2.05) is 0 Å². The second-order valence-electron chi connectivity index (χ2n) is 4.34. The van der Waals surface area contributed by atoms with Crippen molar-refractivity contribution in [3.8, 4) is 0 Å². The minimum atomic E-state index is -5.33. The highest BCUT2D eigenvalue weighted by Gasteiger charge is 2.46. The smallest absolute Gasteiger partial charge is 0.207 e. The quantitative estimate of drug-likeness (QED) is 0.821. The summed E-state index contributed by atoms with van der Waals surface area (Å²) in [5, 5.41) is 0. The van der Waals surface area contributed by atoms with Crippen LogP contribution in [0.4, 0.5) is 17.6 Å². The van der Waals surface area contributed by atoms with E-state index in [0.29, 0.717) is 6.42 Å². The SMILES string of the molecule is CC[C@H](CCc1ccc(F)cc1)NS(=O)(=O)C(F)(F)F. The molecule has 0 aliphatic carbocycles. The summed E-state index contributed by atoms with van der Waals surface area (Å²) in [4.78, 5) is 0. The van der Waals surface area contributed by atoms with E-state index in [1.54, 1.807) is 11.6 Å². The van der Waals surface area contributed by atoms with Gasteiger partial charge in [-0.2, -0.15) is 13.2 Å². The Bertz CT molecular complexity index is 525. The van der Waals surface area contributed by atoms with Crippen LogP contribution in [0.2, 0.25) is 0 Å². The molecule has 1 aromatic rings. The van der Waals surface area contributed by atoms with Gasteiger partial charge in [-0.05, 0) is 37.0 Å². The maximum Gasteiger partial charge on any atom is 0.511 e. The molecule has 0 amide bonds. The van der Waals surface area contributed by atoms with Crippen LogP contribution < -0.4 is 4.72 Å². The molecule has 1 N–H and O–H groups in total. The van der Waals surface area contributed by atoms with Crippen molar-refractivity contribution in [2.24, 2.45) is 0 Å². The van der Waals surface area contributed by atoms with Gasteiger partial charge >= 0.3 is 15.5 Å². The molecule has 20 heavy (non-hydrogen) atoms. The molecule has 1 rings (SSSR count). The molecule has 0 fully saturated rings. The lowest BCUT2D eigenvalue weighted by atomic mass is 10.0. The summed E-state index contributed by atoms with van der Waals surface area (Å²) in [6.07, 6.45) is 0.799. The first kappa shape index (κ1) is 16.9. The predicted molar refractivity (Wildman–Crippen MR) is 66.9 cm³/mol. The summed E-state index contributed by atoms with van der Waals surface area (Å²) in [6, 6.07) is 4.71. The number of aryl methyl sites for hydroxylation is 1. The Kier molecular flexibility index (Phi) is 5.52. The largest absolute Gasteiger partial charge is 0.511 e. The van der Waals surface area contributed by atoms with Crippen LogP contribution in [-0.4, -0.2) is 20.0 Å². The Labute approximate surface area is 115 Å². The molecule has 0 bridgehead atoms. The highest BCUT2D eigenvalue weighted by atomic mass is 32.2. The molecule has 0 aliphatic rings. The average molecular weight is 313 g/mol. The average Bonchev–Trinajstić information content (AvgIpc) is 2.35. The van der Waals surface area contributed by atoms with E-state index < -0.39 is 27.4 Å². The maximum absolute atomic E-state index is 12.7. The third-order valence-electron chi connectivity index (χ3n) is 2.81. The fourth-order valence-corrected chi connectivity index (χ4v) is 2.48. The van der Waals surface area contributed by atoms with E-state index in [0.717, 1.165) is 5.56 Å². The van der Waals surface area contributed by atoms with Crippen LogP contribution in [0.15, 0.2) is 24.3 Å². The van der Waals surface area contributed by atoms with Gasteiger partial charge in [-0.3, -0.25) is 0 Å². The molecule has 114 valence electrons. The van der Waals surface area contributed by atoms with Crippen molar-refractivity contribution in [1.82, 2.24) is 4.72 Å². The van der Waals surface area contributed by atoms with Gasteiger partial charge in [-0.1, -0.05) is 19.1 Å². The molecule has 0 radical (unpaired) electrons. The van der Waals surface area contributed by atoms with Crippen LogP contribution in [-0.2, 0) is 16.4 Å². The van der Waals surface area contributed by atoms with Crippen LogP contribution in [0.1, 0.15) is 25.3 Å². The number of hydrogen-bond donors (Lipinski definition) is 1. The lowest BCUT2D eigenvalue weighted by molar-refractivity contribution is -0.0451. The van der Waals surface area contributed by atoms with Crippen molar-refractivity contribution in [3.63, 3.8) is 0 Å². The van der Waals surface area contributed by atoms with Crippen molar-refractivity contribution >= 4 is 10.0 Å². The number of alkyl halides is 3. The fraction of sp³-hybridized carbons (Fsp3) is 0.500. The minimum absolute atomic E-state index is 0.206. The lowest BCUT2D eigenvalue weighted by Gasteiger charge is -2.18. The lowest BCUT2D eigenvalue weighted by Crippen LogP contribution is -2.42. The molecule has 0 spiro atoms. The topological polar surface area (TPSA) is 46.2 Å². The summed E-state index contributed by atoms with van der Waals surface area (Å²) >= 11 is 0. The number of halogens is 4. The van der Waals surface area contributed by atoms with Gasteiger partial charge < -0.3 is 0 Å². The first-order valence-electron chi connectivity index (χ1n) is 5.98. The Morgan fingerprint density at radius 1 is 1.20 bits per heavy atom. The molecule has 0 saturated heterocycles. The second kappa shape index (κ2) is 6.53. The summed E-state index contributed by atoms with van der Waals surface area (Å²) in [5.41, 5.74) is -4.58. The van der Waals surface area contributed by atoms with Gasteiger partial charge in [0, 0.05) is 6.04 Å². The van der Waals surface area contributed by atoms with Gasteiger partial charge in [0.05, 0.1) is 0 Å². The molecule has 3 nitrogen and oxygen atoms in total. The number of sulfonamides is 1. The van der Waals surface area contributed by atoms with E-state index in [2.05, 4.69) is 0 Å². The first-order valence-corrected chi connectivity index (χ1v) is 7.47. The summed E-state index contributed by atoms with van der Waals surface area (Å²) < 4.78 is 73.0. The van der Waals surface area contributed by atoms with E-state index in [9.17, 15) is 26.0 Å². The van der Waals surface area contributed by atoms with Crippen molar-refractivity contribution in [2.75, 3.05) is 0 Å². The highest BCUT2D eigenvalue weighted by molar-refractivity contribution is 7.90. The third-order valence-corrected chi connectivity index (χ3v) is 4.07. The molecular weight excluding hydrogens is 298 g/mol. The molecule has 8 heteroatoms. The Balaban J connectivity index is 2.62. The normalized spacial score (nSPS) is 14.2. The van der Waals surface area contributed by atoms with Crippen LogP contribution in [0.25, 0.3) is 0 Å². The van der Waals surface area contributed by atoms with Gasteiger partial charge in [0.25, 0.3) is 0 Å². The summed E-state index contributed by atoms with van der Waals surface area (Å²) in [5.74, 6) is -0.404. The van der Waals surface area contributed by atoms with Gasteiger partial charge in [0.15, 0.2) is 0 Å². The van der Waals surface area contributed by atoms with Crippen molar-refractivity contribution < 1.29 is 26.0 Å². The number of benzene rings is 1. The van der Waals surface area contributed by atoms with Gasteiger partial charge in [0.2, 0.25) is 0 Å². The highest BCUT2D eigenvalue weighted by Crippen LogP contribution is 2.23. The molecule has 0 aliphatic heterocycles. The van der Waals surface area contributed by atoms with E-state index in [1.165, 1.54) is 24.3 Å². The molecule has 0 unspecified atom stereocenters. The van der Waals surface area contributed by atoms with Crippen molar-refractivity contribution in [3.05, 3.63) is 35.6 Å². The summed E-state index contributed by atoms with van der Waals surface area (Å²) in [7, 11) is -5.33. The van der Waals surface area contributed by atoms with Gasteiger partial charge in [-0.25, -0.2) is 17.5 Å². The minimum Gasteiger partial charge on any atom is -0.207 e. The molecule has 0 heterocycles. The monoisotopic (exact) mass is 313 g/mol. The fourth-order valence-electron chi connectivity index (χ4n) is 1.62. The first-order chi connectivity index (χ1) is 9.15. The van der Waals surface area contributed by atoms with Gasteiger partial charge in [0.1, 0.15) is 5.82 Å². The Hall–Kier alpha value is -1.15. The zero-order chi connectivity index (χ0) is 15.4. The molecule has 0 saturated carbocycles. The van der Waals surface area contributed by atoms with Crippen molar-refractivity contribution in [2.45, 2.75) is 37.7 Å².